The van der Waals surface area contributed by atoms with Gasteiger partial charge in [-0.1, -0.05) is 24.3 Å². The molecule has 0 saturated carbocycles. The van der Waals surface area contributed by atoms with Crippen molar-refractivity contribution in [3.8, 4) is 17.0 Å². The monoisotopic (exact) mass is 345 g/mol. The van der Waals surface area contributed by atoms with E-state index in [1.165, 1.54) is 0 Å². The molecule has 0 aliphatic carbocycles. The van der Waals surface area contributed by atoms with Gasteiger partial charge < -0.3 is 4.74 Å². The van der Waals surface area contributed by atoms with Crippen LogP contribution in [0.5, 0.6) is 5.75 Å². The number of aromatic amines is 1. The summed E-state index contributed by atoms with van der Waals surface area (Å²) < 4.78 is 27.0. The summed E-state index contributed by atoms with van der Waals surface area (Å²) in [6, 6.07) is 12.6. The molecule has 0 fully saturated rings. The van der Waals surface area contributed by atoms with E-state index < -0.39 is 11.3 Å². The number of hydrogen-bond donors (Lipinski definition) is 3. The molecule has 1 atom stereocenters. The summed E-state index contributed by atoms with van der Waals surface area (Å²) in [7, 11) is 1.55. The van der Waals surface area contributed by atoms with Crippen LogP contribution in [0.2, 0.25) is 0 Å². The Labute approximate surface area is 140 Å². The Kier molecular flexibility index (Phi) is 4.70. The number of hydrogen-bond acceptors (Lipinski definition) is 4. The molecule has 0 aliphatic rings. The van der Waals surface area contributed by atoms with Crippen molar-refractivity contribution in [1.82, 2.24) is 14.9 Å². The van der Waals surface area contributed by atoms with Crippen LogP contribution in [0.3, 0.4) is 0 Å². The highest BCUT2D eigenvalue weighted by Gasteiger charge is 2.10. The number of aromatic nitrogens is 2. The Balaban J connectivity index is 2.01. The molecular formula is C16H15N3O4S. The molecule has 0 spiro atoms. The van der Waals surface area contributed by atoms with E-state index in [1.54, 1.807) is 25.3 Å². The number of benzene rings is 2. The van der Waals surface area contributed by atoms with Gasteiger partial charge in [-0.3, -0.25) is 9.35 Å². The number of nitrogens with one attached hydrogen (secondary N) is 2. The second-order valence-electron chi connectivity index (χ2n) is 5.08. The fourth-order valence-corrected chi connectivity index (χ4v) is 2.71. The van der Waals surface area contributed by atoms with Crippen molar-refractivity contribution in [2.45, 2.75) is 6.54 Å². The average Bonchev–Trinajstić information content (AvgIpc) is 2.61. The Morgan fingerprint density at radius 2 is 1.96 bits per heavy atom. The lowest BCUT2D eigenvalue weighted by atomic mass is 10.0. The summed E-state index contributed by atoms with van der Waals surface area (Å²) in [5.41, 5.74) is 2.06. The summed E-state index contributed by atoms with van der Waals surface area (Å²) >= 11 is -2.05. The number of H-pyrrole nitrogens is 1. The molecule has 2 aromatic carbocycles. The van der Waals surface area contributed by atoms with Gasteiger partial charge in [0.25, 0.3) is 5.56 Å². The van der Waals surface area contributed by atoms with E-state index in [-0.39, 0.29) is 12.1 Å². The van der Waals surface area contributed by atoms with Crippen molar-refractivity contribution in [2.75, 3.05) is 7.11 Å². The Hall–Kier alpha value is -2.55. The van der Waals surface area contributed by atoms with Gasteiger partial charge in [-0.2, -0.15) is 5.10 Å². The highest BCUT2D eigenvalue weighted by molar-refractivity contribution is 7.77. The highest BCUT2D eigenvalue weighted by atomic mass is 32.2. The number of fused-ring (bicyclic) bond motifs is 1. The normalized spacial score (nSPS) is 12.2. The molecule has 3 rings (SSSR count). The van der Waals surface area contributed by atoms with Crippen molar-refractivity contribution < 1.29 is 13.5 Å². The number of nitrogens with zero attached hydrogens (tertiary/aromatic N) is 1. The van der Waals surface area contributed by atoms with Crippen molar-refractivity contribution in [1.29, 1.82) is 0 Å². The van der Waals surface area contributed by atoms with E-state index in [0.29, 0.717) is 16.8 Å². The third kappa shape index (κ3) is 3.35. The van der Waals surface area contributed by atoms with Crippen LogP contribution < -0.4 is 15.0 Å². The van der Waals surface area contributed by atoms with E-state index in [0.717, 1.165) is 16.5 Å². The zero-order valence-electron chi connectivity index (χ0n) is 12.8. The van der Waals surface area contributed by atoms with Gasteiger partial charge >= 0.3 is 0 Å². The van der Waals surface area contributed by atoms with Crippen LogP contribution in [0.15, 0.2) is 47.3 Å². The number of ether oxygens (including phenoxy) is 1. The first-order valence-corrected chi connectivity index (χ1v) is 8.19. The van der Waals surface area contributed by atoms with Crippen molar-refractivity contribution in [3.05, 3.63) is 58.4 Å². The zero-order valence-corrected chi connectivity index (χ0v) is 13.6. The second kappa shape index (κ2) is 6.91. The molecule has 0 amide bonds. The maximum Gasteiger partial charge on any atom is 0.272 e. The molecule has 24 heavy (non-hydrogen) atoms. The molecular weight excluding hydrogens is 330 g/mol. The molecule has 0 aliphatic heterocycles. The molecule has 0 radical (unpaired) electrons. The maximum atomic E-state index is 12.0. The predicted octanol–water partition coefficient (Wildman–Crippen LogP) is 1.82. The fraction of sp³-hybridized carbons (Fsp3) is 0.125. The van der Waals surface area contributed by atoms with Gasteiger partial charge in [0.15, 0.2) is 0 Å². The Morgan fingerprint density at radius 1 is 1.21 bits per heavy atom. The van der Waals surface area contributed by atoms with Gasteiger partial charge in [0.05, 0.1) is 18.2 Å². The summed E-state index contributed by atoms with van der Waals surface area (Å²) in [6.07, 6.45) is 0. The smallest absolute Gasteiger partial charge is 0.272 e. The van der Waals surface area contributed by atoms with Gasteiger partial charge in [-0.05, 0) is 23.8 Å². The van der Waals surface area contributed by atoms with Crippen LogP contribution in [0.25, 0.3) is 22.0 Å². The second-order valence-corrected chi connectivity index (χ2v) is 5.87. The van der Waals surface area contributed by atoms with Crippen molar-refractivity contribution in [2.24, 2.45) is 0 Å². The third-order valence-corrected chi connectivity index (χ3v) is 4.01. The first-order chi connectivity index (χ1) is 11.6. The molecule has 0 saturated heterocycles. The first kappa shape index (κ1) is 16.3. The van der Waals surface area contributed by atoms with Crippen molar-refractivity contribution in [3.63, 3.8) is 0 Å². The summed E-state index contributed by atoms with van der Waals surface area (Å²) in [5, 5.41) is 7.88. The fourth-order valence-electron chi connectivity index (χ4n) is 2.42. The van der Waals surface area contributed by atoms with Gasteiger partial charge in [-0.25, -0.2) is 14.0 Å². The minimum absolute atomic E-state index is 0.278. The predicted molar refractivity (Wildman–Crippen MR) is 92.0 cm³/mol. The van der Waals surface area contributed by atoms with Gasteiger partial charge in [0.2, 0.25) is 11.3 Å². The number of rotatable bonds is 5. The molecule has 0 bridgehead atoms. The zero-order chi connectivity index (χ0) is 17.1. The van der Waals surface area contributed by atoms with Gasteiger partial charge in [-0.15, -0.1) is 0 Å². The average molecular weight is 345 g/mol. The molecule has 1 unspecified atom stereocenters. The van der Waals surface area contributed by atoms with Crippen LogP contribution in [0.4, 0.5) is 0 Å². The molecule has 1 aromatic heterocycles. The molecule has 3 N–H and O–H groups in total. The topological polar surface area (TPSA) is 104 Å². The molecule has 3 aromatic rings. The lowest BCUT2D eigenvalue weighted by molar-refractivity contribution is 0.415. The maximum absolute atomic E-state index is 12.0. The van der Waals surface area contributed by atoms with Crippen LogP contribution >= 0.6 is 0 Å². The van der Waals surface area contributed by atoms with Crippen LogP contribution in [0, 0.1) is 0 Å². The minimum atomic E-state index is -2.05. The van der Waals surface area contributed by atoms with E-state index in [4.69, 9.17) is 9.29 Å². The quantitative estimate of drug-likeness (QED) is 0.612. The van der Waals surface area contributed by atoms with Gasteiger partial charge in [0, 0.05) is 17.5 Å². The molecule has 7 nitrogen and oxygen atoms in total. The van der Waals surface area contributed by atoms with E-state index in [9.17, 15) is 9.00 Å². The first-order valence-electron chi connectivity index (χ1n) is 7.08. The third-order valence-electron chi connectivity index (χ3n) is 3.62. The largest absolute Gasteiger partial charge is 0.497 e. The van der Waals surface area contributed by atoms with Crippen LogP contribution in [0.1, 0.15) is 5.56 Å². The lowest BCUT2D eigenvalue weighted by Crippen LogP contribution is -2.15. The number of methoxy groups -OCH3 is 1. The summed E-state index contributed by atoms with van der Waals surface area (Å²) in [6.45, 7) is 0.278. The van der Waals surface area contributed by atoms with E-state index >= 15 is 0 Å². The molecule has 1 heterocycles. The molecule has 124 valence electrons. The summed E-state index contributed by atoms with van der Waals surface area (Å²) in [4.78, 5) is 12.0. The SMILES string of the molecule is COc1ccc2c(-c3ccc(CNS(=O)O)cc3)n[nH]c(=O)c2c1. The standard InChI is InChI=1S/C16H15N3O4S/c1-23-12-6-7-13-14(8-12)16(20)19-18-15(13)11-4-2-10(3-5-11)9-17-24(21)22/h2-8,17H,9H2,1H3,(H,19,20)(H,21,22). The minimum Gasteiger partial charge on any atom is -0.497 e. The van der Waals surface area contributed by atoms with Gasteiger partial charge in [0.1, 0.15) is 5.75 Å². The van der Waals surface area contributed by atoms with E-state index in [1.807, 2.05) is 24.3 Å². The Morgan fingerprint density at radius 3 is 2.62 bits per heavy atom. The molecule has 8 heteroatoms. The Bertz CT molecular complexity index is 954. The van der Waals surface area contributed by atoms with Crippen molar-refractivity contribution >= 4 is 22.0 Å². The van der Waals surface area contributed by atoms with Crippen LogP contribution in [-0.4, -0.2) is 26.1 Å². The van der Waals surface area contributed by atoms with Crippen LogP contribution in [-0.2, 0) is 17.8 Å². The summed E-state index contributed by atoms with van der Waals surface area (Å²) in [5.74, 6) is 0.601. The lowest BCUT2D eigenvalue weighted by Gasteiger charge is -2.08. The van der Waals surface area contributed by atoms with E-state index in [2.05, 4.69) is 14.9 Å². The highest BCUT2D eigenvalue weighted by Crippen LogP contribution is 2.27.